The fourth-order valence-corrected chi connectivity index (χ4v) is 2.55. The van der Waals surface area contributed by atoms with E-state index in [0.29, 0.717) is 0 Å². The molecule has 4 nitrogen and oxygen atoms in total. The molecule has 0 radical (unpaired) electrons. The lowest BCUT2D eigenvalue weighted by molar-refractivity contribution is -0.164. The van der Waals surface area contributed by atoms with Gasteiger partial charge in [0.25, 0.3) is 0 Å². The van der Waals surface area contributed by atoms with E-state index in [1.807, 2.05) is 30.4 Å². The van der Waals surface area contributed by atoms with Crippen LogP contribution < -0.4 is 0 Å². The minimum atomic E-state index is -1.35. The Labute approximate surface area is 130 Å². The van der Waals surface area contributed by atoms with Crippen molar-refractivity contribution in [2.45, 2.75) is 19.3 Å². The van der Waals surface area contributed by atoms with Gasteiger partial charge in [-0.1, -0.05) is 54.1 Å². The van der Waals surface area contributed by atoms with E-state index >= 15 is 0 Å². The van der Waals surface area contributed by atoms with Crippen molar-refractivity contribution in [3.63, 3.8) is 0 Å². The maximum absolute atomic E-state index is 12.0. The van der Waals surface area contributed by atoms with Crippen molar-refractivity contribution in [2.75, 3.05) is 14.2 Å². The SMILES string of the molecule is COC(=O)C1(C(=O)OC)C=CC(CCc2ccccc2)=CC1. The van der Waals surface area contributed by atoms with Crippen molar-refractivity contribution in [1.29, 1.82) is 0 Å². The van der Waals surface area contributed by atoms with Crippen LogP contribution in [0.3, 0.4) is 0 Å². The Bertz CT molecular complexity index is 583. The highest BCUT2D eigenvalue weighted by Gasteiger charge is 2.46. The van der Waals surface area contributed by atoms with Crippen molar-refractivity contribution in [3.8, 4) is 0 Å². The molecule has 2 rings (SSSR count). The van der Waals surface area contributed by atoms with E-state index in [1.165, 1.54) is 19.8 Å². The van der Waals surface area contributed by atoms with Crippen LogP contribution in [0.2, 0.25) is 0 Å². The largest absolute Gasteiger partial charge is 0.468 e. The third-order valence-corrected chi connectivity index (χ3v) is 3.91. The molecule has 1 aliphatic carbocycles. The van der Waals surface area contributed by atoms with Crippen molar-refractivity contribution >= 4 is 11.9 Å². The van der Waals surface area contributed by atoms with E-state index < -0.39 is 17.4 Å². The Morgan fingerprint density at radius 1 is 1.05 bits per heavy atom. The molecule has 0 bridgehead atoms. The third-order valence-electron chi connectivity index (χ3n) is 3.91. The zero-order valence-corrected chi connectivity index (χ0v) is 12.9. The predicted molar refractivity (Wildman–Crippen MR) is 83.1 cm³/mol. The van der Waals surface area contributed by atoms with Crippen molar-refractivity contribution in [1.82, 2.24) is 0 Å². The molecule has 22 heavy (non-hydrogen) atoms. The number of carbonyl (C=O) groups excluding carboxylic acids is 2. The monoisotopic (exact) mass is 300 g/mol. The molecule has 0 atom stereocenters. The Morgan fingerprint density at radius 3 is 2.18 bits per heavy atom. The summed E-state index contributed by atoms with van der Waals surface area (Å²) >= 11 is 0. The maximum Gasteiger partial charge on any atom is 0.327 e. The number of hydrogen-bond donors (Lipinski definition) is 0. The molecule has 0 saturated heterocycles. The topological polar surface area (TPSA) is 52.6 Å². The fraction of sp³-hybridized carbons (Fsp3) is 0.333. The van der Waals surface area contributed by atoms with Crippen LogP contribution in [0, 0.1) is 5.41 Å². The van der Waals surface area contributed by atoms with Gasteiger partial charge in [0.1, 0.15) is 0 Å². The van der Waals surface area contributed by atoms with Crippen LogP contribution in [0.5, 0.6) is 0 Å². The molecular weight excluding hydrogens is 280 g/mol. The highest BCUT2D eigenvalue weighted by atomic mass is 16.5. The summed E-state index contributed by atoms with van der Waals surface area (Å²) in [6.07, 6.45) is 7.38. The lowest BCUT2D eigenvalue weighted by Crippen LogP contribution is -2.40. The Kier molecular flexibility index (Phi) is 5.15. The molecule has 116 valence electrons. The summed E-state index contributed by atoms with van der Waals surface area (Å²) in [5, 5.41) is 0. The van der Waals surface area contributed by atoms with Crippen LogP contribution in [0.4, 0.5) is 0 Å². The Balaban J connectivity index is 2.06. The van der Waals surface area contributed by atoms with Crippen molar-refractivity contribution < 1.29 is 19.1 Å². The number of esters is 2. The molecule has 0 amide bonds. The normalized spacial score (nSPS) is 15.8. The summed E-state index contributed by atoms with van der Waals surface area (Å²) in [5.41, 5.74) is 1.02. The smallest absolute Gasteiger partial charge is 0.327 e. The standard InChI is InChI=1S/C18H20O4/c1-21-16(19)18(17(20)22-2)12-10-15(11-13-18)9-8-14-6-4-3-5-7-14/h3-7,10-12H,8-9,13H2,1-2H3. The molecule has 0 N–H and O–H groups in total. The highest BCUT2D eigenvalue weighted by Crippen LogP contribution is 2.33. The number of carbonyl (C=O) groups is 2. The Morgan fingerprint density at radius 2 is 1.68 bits per heavy atom. The van der Waals surface area contributed by atoms with E-state index in [2.05, 4.69) is 12.1 Å². The average molecular weight is 300 g/mol. The number of ether oxygens (including phenoxy) is 2. The summed E-state index contributed by atoms with van der Waals surface area (Å²) in [6, 6.07) is 10.2. The van der Waals surface area contributed by atoms with Gasteiger partial charge in [-0.25, -0.2) is 0 Å². The third kappa shape index (κ3) is 3.27. The molecular formula is C18H20O4. The zero-order chi connectivity index (χ0) is 16.0. The molecule has 0 aromatic heterocycles. The van der Waals surface area contributed by atoms with E-state index in [4.69, 9.17) is 9.47 Å². The van der Waals surface area contributed by atoms with Gasteiger partial charge < -0.3 is 9.47 Å². The summed E-state index contributed by atoms with van der Waals surface area (Å²) in [5.74, 6) is -1.18. The number of benzene rings is 1. The van der Waals surface area contributed by atoms with Gasteiger partial charge in [-0.2, -0.15) is 0 Å². The van der Waals surface area contributed by atoms with Gasteiger partial charge in [-0.15, -0.1) is 0 Å². The predicted octanol–water partition coefficient (Wildman–Crippen LogP) is 2.84. The van der Waals surface area contributed by atoms with Crippen molar-refractivity contribution in [3.05, 3.63) is 59.7 Å². The Hall–Kier alpha value is -2.36. The lowest BCUT2D eigenvalue weighted by Gasteiger charge is -2.26. The molecule has 1 aromatic carbocycles. The quantitative estimate of drug-likeness (QED) is 0.620. The second-order valence-corrected chi connectivity index (χ2v) is 5.26. The first-order valence-electron chi connectivity index (χ1n) is 7.21. The van der Waals surface area contributed by atoms with Crippen LogP contribution in [0.15, 0.2) is 54.1 Å². The fourth-order valence-electron chi connectivity index (χ4n) is 2.55. The van der Waals surface area contributed by atoms with Gasteiger partial charge in [-0.05, 0) is 24.8 Å². The molecule has 0 heterocycles. The van der Waals surface area contributed by atoms with Crippen molar-refractivity contribution in [2.24, 2.45) is 5.41 Å². The molecule has 1 aliphatic rings. The zero-order valence-electron chi connectivity index (χ0n) is 12.9. The summed E-state index contributed by atoms with van der Waals surface area (Å²) in [4.78, 5) is 23.9. The van der Waals surface area contributed by atoms with Gasteiger partial charge in [0, 0.05) is 0 Å². The van der Waals surface area contributed by atoms with Gasteiger partial charge >= 0.3 is 11.9 Å². The van der Waals surface area contributed by atoms with E-state index in [1.54, 1.807) is 6.08 Å². The minimum Gasteiger partial charge on any atom is -0.468 e. The molecule has 0 spiro atoms. The van der Waals surface area contributed by atoms with Gasteiger partial charge in [-0.3, -0.25) is 9.59 Å². The first-order valence-corrected chi connectivity index (χ1v) is 7.21. The highest BCUT2D eigenvalue weighted by molar-refractivity contribution is 6.02. The number of rotatable bonds is 5. The summed E-state index contributed by atoms with van der Waals surface area (Å²) in [7, 11) is 2.55. The van der Waals surface area contributed by atoms with Crippen LogP contribution in [0.1, 0.15) is 18.4 Å². The minimum absolute atomic E-state index is 0.271. The van der Waals surface area contributed by atoms with E-state index in [9.17, 15) is 9.59 Å². The lowest BCUT2D eigenvalue weighted by atomic mass is 9.79. The molecule has 0 saturated carbocycles. The molecule has 0 unspecified atom stereocenters. The second kappa shape index (κ2) is 7.07. The summed E-state index contributed by atoms with van der Waals surface area (Å²) in [6.45, 7) is 0. The van der Waals surface area contributed by atoms with Gasteiger partial charge in [0.05, 0.1) is 14.2 Å². The number of allylic oxidation sites excluding steroid dienone is 3. The molecule has 1 aromatic rings. The van der Waals surface area contributed by atoms with E-state index in [-0.39, 0.29) is 6.42 Å². The summed E-state index contributed by atoms with van der Waals surface area (Å²) < 4.78 is 9.52. The van der Waals surface area contributed by atoms with Crippen LogP contribution in [0.25, 0.3) is 0 Å². The number of methoxy groups -OCH3 is 2. The second-order valence-electron chi connectivity index (χ2n) is 5.26. The van der Waals surface area contributed by atoms with Crippen LogP contribution in [-0.2, 0) is 25.5 Å². The van der Waals surface area contributed by atoms with Crippen LogP contribution >= 0.6 is 0 Å². The number of aryl methyl sites for hydroxylation is 1. The molecule has 4 heteroatoms. The number of hydrogen-bond acceptors (Lipinski definition) is 4. The van der Waals surface area contributed by atoms with E-state index in [0.717, 1.165) is 18.4 Å². The first kappa shape index (κ1) is 16.0. The maximum atomic E-state index is 12.0. The first-order chi connectivity index (χ1) is 10.6. The molecule has 0 aliphatic heterocycles. The van der Waals surface area contributed by atoms with Gasteiger partial charge in [0.2, 0.25) is 0 Å². The molecule has 0 fully saturated rings. The average Bonchev–Trinajstić information content (AvgIpc) is 2.59. The van der Waals surface area contributed by atoms with Crippen LogP contribution in [-0.4, -0.2) is 26.2 Å². The van der Waals surface area contributed by atoms with Gasteiger partial charge in [0.15, 0.2) is 5.41 Å².